The Morgan fingerprint density at radius 1 is 1.56 bits per heavy atom. The van der Waals surface area contributed by atoms with E-state index in [9.17, 15) is 4.79 Å². The molecule has 7 nitrogen and oxygen atoms in total. The van der Waals surface area contributed by atoms with Crippen LogP contribution < -0.4 is 10.1 Å². The number of ether oxygens (including phenoxy) is 1. The number of aromatic nitrogens is 3. The molecule has 25 heavy (non-hydrogen) atoms. The van der Waals surface area contributed by atoms with Crippen LogP contribution in [0.3, 0.4) is 0 Å². The summed E-state index contributed by atoms with van der Waals surface area (Å²) in [5.41, 5.74) is 2.49. The molecule has 0 saturated carbocycles. The second kappa shape index (κ2) is 7.04. The van der Waals surface area contributed by atoms with E-state index in [1.807, 2.05) is 39.2 Å². The zero-order valence-corrected chi connectivity index (χ0v) is 15.0. The number of amides is 1. The molecule has 2 atom stereocenters. The molecule has 132 valence electrons. The maximum absolute atomic E-state index is 11.5. The highest BCUT2D eigenvalue weighted by atomic mass is 16.5. The molecule has 1 aliphatic heterocycles. The normalized spacial score (nSPS) is 19.6. The summed E-state index contributed by atoms with van der Waals surface area (Å²) in [6.07, 6.45) is 5.98. The molecule has 1 aliphatic rings. The quantitative estimate of drug-likeness (QED) is 0.843. The Bertz CT molecular complexity index is 853. The fourth-order valence-electron chi connectivity index (χ4n) is 3.01. The number of rotatable bonds is 5. The van der Waals surface area contributed by atoms with Gasteiger partial charge in [-0.2, -0.15) is 5.10 Å². The largest absolute Gasteiger partial charge is 0.474 e. The molecule has 0 bridgehead atoms. The molecule has 1 fully saturated rings. The molecule has 0 radical (unpaired) electrons. The Morgan fingerprint density at radius 3 is 3.00 bits per heavy atom. The van der Waals surface area contributed by atoms with Crippen LogP contribution in [0, 0.1) is 5.92 Å². The fourth-order valence-corrected chi connectivity index (χ4v) is 3.01. The van der Waals surface area contributed by atoms with E-state index in [0.29, 0.717) is 18.8 Å². The first-order valence-corrected chi connectivity index (χ1v) is 8.38. The molecule has 2 unspecified atom stereocenters. The number of aryl methyl sites for hydroxylation is 1. The van der Waals surface area contributed by atoms with Crippen molar-refractivity contribution in [2.24, 2.45) is 18.0 Å². The van der Waals surface area contributed by atoms with Crippen molar-refractivity contribution in [2.45, 2.75) is 26.4 Å². The van der Waals surface area contributed by atoms with E-state index in [4.69, 9.17) is 9.72 Å². The van der Waals surface area contributed by atoms with Gasteiger partial charge in [0.2, 0.25) is 11.8 Å². The molecule has 1 amide bonds. The average molecular weight is 341 g/mol. The van der Waals surface area contributed by atoms with Crippen molar-refractivity contribution < 1.29 is 9.53 Å². The lowest BCUT2D eigenvalue weighted by atomic mass is 10.0. The summed E-state index contributed by atoms with van der Waals surface area (Å²) < 4.78 is 7.91. The van der Waals surface area contributed by atoms with Crippen molar-refractivity contribution >= 4 is 28.6 Å². The lowest BCUT2D eigenvalue weighted by Gasteiger charge is -2.19. The Kier molecular flexibility index (Phi) is 4.83. The standard InChI is InChI=1S/C18H23N5O2/c1-5-12(8-19-3)15-7-16-14(10-23(4)22-16)18(21-15)25-11(2)13-6-17(24)20-9-13/h5,7-8,10-11,13H,6,9H2,1-4H3,(H,20,24)/b12-5+,19-8?. The van der Waals surface area contributed by atoms with Crippen molar-refractivity contribution in [1.29, 1.82) is 0 Å². The maximum atomic E-state index is 11.5. The molecule has 3 rings (SSSR count). The van der Waals surface area contributed by atoms with E-state index in [-0.39, 0.29) is 17.9 Å². The second-order valence-electron chi connectivity index (χ2n) is 6.27. The number of hydrogen-bond acceptors (Lipinski definition) is 5. The van der Waals surface area contributed by atoms with Crippen LogP contribution in [0.5, 0.6) is 5.88 Å². The van der Waals surface area contributed by atoms with Crippen LogP contribution in [0.2, 0.25) is 0 Å². The Hall–Kier alpha value is -2.70. The van der Waals surface area contributed by atoms with Crippen molar-refractivity contribution in [3.05, 3.63) is 24.0 Å². The van der Waals surface area contributed by atoms with Crippen LogP contribution in [0.1, 0.15) is 26.0 Å². The van der Waals surface area contributed by atoms with E-state index in [0.717, 1.165) is 22.2 Å². The van der Waals surface area contributed by atoms with E-state index in [2.05, 4.69) is 15.4 Å². The Morgan fingerprint density at radius 2 is 2.36 bits per heavy atom. The molecule has 2 aromatic rings. The minimum Gasteiger partial charge on any atom is -0.474 e. The average Bonchev–Trinajstić information content (AvgIpc) is 3.17. The topological polar surface area (TPSA) is 81.4 Å². The molecule has 3 heterocycles. The van der Waals surface area contributed by atoms with Crippen LogP contribution in [-0.2, 0) is 11.8 Å². The first kappa shape index (κ1) is 17.1. The predicted molar refractivity (Wildman–Crippen MR) is 97.8 cm³/mol. The molecule has 0 aromatic carbocycles. The summed E-state index contributed by atoms with van der Waals surface area (Å²) in [7, 11) is 3.60. The number of aliphatic imine (C=N–C) groups is 1. The number of pyridine rings is 1. The third kappa shape index (κ3) is 3.55. The van der Waals surface area contributed by atoms with Gasteiger partial charge in [-0.25, -0.2) is 4.98 Å². The lowest BCUT2D eigenvalue weighted by Crippen LogP contribution is -2.26. The summed E-state index contributed by atoms with van der Waals surface area (Å²) in [5.74, 6) is 0.753. The molecule has 1 saturated heterocycles. The third-order valence-electron chi connectivity index (χ3n) is 4.43. The Balaban J connectivity index is 1.98. The van der Waals surface area contributed by atoms with Crippen molar-refractivity contribution in [2.75, 3.05) is 13.6 Å². The van der Waals surface area contributed by atoms with Gasteiger partial charge in [-0.05, 0) is 19.9 Å². The highest BCUT2D eigenvalue weighted by Gasteiger charge is 2.28. The molecule has 0 spiro atoms. The molecular formula is C18H23N5O2. The summed E-state index contributed by atoms with van der Waals surface area (Å²) >= 11 is 0. The minimum absolute atomic E-state index is 0.0732. The van der Waals surface area contributed by atoms with Crippen LogP contribution in [0.4, 0.5) is 0 Å². The van der Waals surface area contributed by atoms with E-state index < -0.39 is 0 Å². The monoisotopic (exact) mass is 341 g/mol. The predicted octanol–water partition coefficient (Wildman–Crippen LogP) is 1.98. The smallest absolute Gasteiger partial charge is 0.225 e. The van der Waals surface area contributed by atoms with Gasteiger partial charge >= 0.3 is 0 Å². The van der Waals surface area contributed by atoms with Crippen molar-refractivity contribution in [3.63, 3.8) is 0 Å². The van der Waals surface area contributed by atoms with Gasteiger partial charge in [-0.1, -0.05) is 6.08 Å². The van der Waals surface area contributed by atoms with Gasteiger partial charge in [0, 0.05) is 51.0 Å². The third-order valence-corrected chi connectivity index (χ3v) is 4.43. The molecule has 7 heteroatoms. The minimum atomic E-state index is -0.126. The summed E-state index contributed by atoms with van der Waals surface area (Å²) in [6.45, 7) is 4.56. The SMILES string of the molecule is C/C=C(\C=NC)c1cc2nn(C)cc2c(OC(C)C2CNC(=O)C2)n1. The van der Waals surface area contributed by atoms with E-state index in [1.54, 1.807) is 17.9 Å². The number of carbonyl (C=O) groups excluding carboxylic acids is 1. The first-order valence-electron chi connectivity index (χ1n) is 8.38. The Labute approximate surface area is 146 Å². The number of hydrogen-bond donors (Lipinski definition) is 1. The molecule has 0 aliphatic carbocycles. The van der Waals surface area contributed by atoms with Crippen molar-refractivity contribution in [3.8, 4) is 5.88 Å². The van der Waals surface area contributed by atoms with E-state index >= 15 is 0 Å². The summed E-state index contributed by atoms with van der Waals surface area (Å²) in [5, 5.41) is 8.20. The van der Waals surface area contributed by atoms with Crippen LogP contribution in [0.25, 0.3) is 16.5 Å². The zero-order chi connectivity index (χ0) is 18.0. The van der Waals surface area contributed by atoms with Gasteiger partial charge in [-0.3, -0.25) is 14.5 Å². The zero-order valence-electron chi connectivity index (χ0n) is 15.0. The van der Waals surface area contributed by atoms with Gasteiger partial charge in [0.25, 0.3) is 0 Å². The highest BCUT2D eigenvalue weighted by molar-refractivity contribution is 6.09. The number of carbonyl (C=O) groups is 1. The highest BCUT2D eigenvalue weighted by Crippen LogP contribution is 2.28. The second-order valence-corrected chi connectivity index (χ2v) is 6.27. The first-order chi connectivity index (χ1) is 12.0. The number of nitrogens with one attached hydrogen (secondary N) is 1. The number of fused-ring (bicyclic) bond motifs is 1. The summed E-state index contributed by atoms with van der Waals surface area (Å²) in [4.78, 5) is 20.2. The molecule has 1 N–H and O–H groups in total. The summed E-state index contributed by atoms with van der Waals surface area (Å²) in [6, 6.07) is 1.94. The van der Waals surface area contributed by atoms with Gasteiger partial charge < -0.3 is 10.1 Å². The van der Waals surface area contributed by atoms with Gasteiger partial charge in [-0.15, -0.1) is 0 Å². The van der Waals surface area contributed by atoms with Gasteiger partial charge in [0.15, 0.2) is 0 Å². The van der Waals surface area contributed by atoms with E-state index in [1.165, 1.54) is 0 Å². The lowest BCUT2D eigenvalue weighted by molar-refractivity contribution is -0.119. The van der Waals surface area contributed by atoms with Crippen LogP contribution >= 0.6 is 0 Å². The maximum Gasteiger partial charge on any atom is 0.225 e. The number of allylic oxidation sites excluding steroid dienone is 2. The molecular weight excluding hydrogens is 318 g/mol. The molecule has 2 aromatic heterocycles. The van der Waals surface area contributed by atoms with Crippen molar-refractivity contribution in [1.82, 2.24) is 20.1 Å². The van der Waals surface area contributed by atoms with Crippen LogP contribution in [0.15, 0.2) is 23.3 Å². The van der Waals surface area contributed by atoms with Gasteiger partial charge in [0.05, 0.1) is 16.6 Å². The van der Waals surface area contributed by atoms with Crippen LogP contribution in [-0.4, -0.2) is 46.6 Å². The number of nitrogens with zero attached hydrogens (tertiary/aromatic N) is 4. The van der Waals surface area contributed by atoms with Gasteiger partial charge in [0.1, 0.15) is 6.10 Å². The fraction of sp³-hybridized carbons (Fsp3) is 0.444.